The Hall–Kier alpha value is -0.120. The van der Waals surface area contributed by atoms with Gasteiger partial charge in [0.25, 0.3) is 0 Å². The molecule has 0 spiro atoms. The quantitative estimate of drug-likeness (QED) is 0.659. The number of hydrogen-bond donors (Lipinski definition) is 1. The average Bonchev–Trinajstić information content (AvgIpc) is 2.28. The van der Waals surface area contributed by atoms with E-state index in [9.17, 15) is 0 Å². The SMILES string of the molecule is CC(C)N1CCCOC(CO)C1. The zero-order valence-corrected chi connectivity index (χ0v) is 7.99. The van der Waals surface area contributed by atoms with Crippen molar-refractivity contribution in [2.45, 2.75) is 32.4 Å². The van der Waals surface area contributed by atoms with Crippen LogP contribution in [0.25, 0.3) is 0 Å². The summed E-state index contributed by atoms with van der Waals surface area (Å²) in [5.74, 6) is 0. The molecule has 0 radical (unpaired) electrons. The molecule has 1 heterocycles. The van der Waals surface area contributed by atoms with E-state index in [1.165, 1.54) is 0 Å². The molecule has 1 unspecified atom stereocenters. The van der Waals surface area contributed by atoms with Gasteiger partial charge in [-0.1, -0.05) is 0 Å². The number of hydrogen-bond acceptors (Lipinski definition) is 3. The van der Waals surface area contributed by atoms with Gasteiger partial charge < -0.3 is 9.84 Å². The molecule has 1 atom stereocenters. The van der Waals surface area contributed by atoms with Gasteiger partial charge in [0.05, 0.1) is 12.7 Å². The molecule has 1 saturated heterocycles. The first kappa shape index (κ1) is 9.96. The van der Waals surface area contributed by atoms with Crippen molar-refractivity contribution in [3.63, 3.8) is 0 Å². The zero-order chi connectivity index (χ0) is 8.97. The van der Waals surface area contributed by atoms with E-state index in [0.717, 1.165) is 26.1 Å². The van der Waals surface area contributed by atoms with E-state index in [4.69, 9.17) is 9.84 Å². The first-order valence-corrected chi connectivity index (χ1v) is 4.70. The van der Waals surface area contributed by atoms with Crippen LogP contribution < -0.4 is 0 Å². The molecule has 0 saturated carbocycles. The van der Waals surface area contributed by atoms with Crippen molar-refractivity contribution in [3.05, 3.63) is 0 Å². The van der Waals surface area contributed by atoms with E-state index in [1.54, 1.807) is 0 Å². The molecular weight excluding hydrogens is 154 g/mol. The van der Waals surface area contributed by atoms with E-state index < -0.39 is 0 Å². The topological polar surface area (TPSA) is 32.7 Å². The lowest BCUT2D eigenvalue weighted by Gasteiger charge is -2.26. The monoisotopic (exact) mass is 173 g/mol. The van der Waals surface area contributed by atoms with Crippen molar-refractivity contribution < 1.29 is 9.84 Å². The van der Waals surface area contributed by atoms with Gasteiger partial charge in [-0.25, -0.2) is 0 Å². The van der Waals surface area contributed by atoms with Crippen LogP contribution in [0, 0.1) is 0 Å². The van der Waals surface area contributed by atoms with Crippen LogP contribution in [0.2, 0.25) is 0 Å². The smallest absolute Gasteiger partial charge is 0.0932 e. The summed E-state index contributed by atoms with van der Waals surface area (Å²) in [6, 6.07) is 0.556. The minimum Gasteiger partial charge on any atom is -0.394 e. The van der Waals surface area contributed by atoms with Gasteiger partial charge in [-0.2, -0.15) is 0 Å². The fraction of sp³-hybridized carbons (Fsp3) is 1.00. The summed E-state index contributed by atoms with van der Waals surface area (Å²) in [4.78, 5) is 2.36. The Balaban J connectivity index is 2.42. The molecule has 1 N–H and O–H groups in total. The normalized spacial score (nSPS) is 27.5. The Kier molecular flexibility index (Phi) is 3.98. The molecular formula is C9H19NO2. The van der Waals surface area contributed by atoms with Crippen molar-refractivity contribution >= 4 is 0 Å². The van der Waals surface area contributed by atoms with E-state index in [0.29, 0.717) is 6.04 Å². The van der Waals surface area contributed by atoms with Gasteiger partial charge in [0.1, 0.15) is 0 Å². The standard InChI is InChI=1S/C9H19NO2/c1-8(2)10-4-3-5-12-9(6-10)7-11/h8-9,11H,3-7H2,1-2H3. The molecule has 12 heavy (non-hydrogen) atoms. The number of rotatable bonds is 2. The number of ether oxygens (including phenoxy) is 1. The van der Waals surface area contributed by atoms with Crippen LogP contribution in [0.3, 0.4) is 0 Å². The van der Waals surface area contributed by atoms with Crippen molar-refractivity contribution in [2.75, 3.05) is 26.3 Å². The first-order chi connectivity index (χ1) is 5.74. The van der Waals surface area contributed by atoms with Crippen LogP contribution >= 0.6 is 0 Å². The van der Waals surface area contributed by atoms with E-state index >= 15 is 0 Å². The number of aliphatic hydroxyl groups excluding tert-OH is 1. The second-order valence-corrected chi connectivity index (χ2v) is 3.62. The van der Waals surface area contributed by atoms with Crippen LogP contribution in [0.4, 0.5) is 0 Å². The van der Waals surface area contributed by atoms with Gasteiger partial charge in [-0.15, -0.1) is 0 Å². The molecule has 3 nitrogen and oxygen atoms in total. The predicted octanol–water partition coefficient (Wildman–Crippen LogP) is 0.478. The molecule has 1 aliphatic heterocycles. The molecule has 0 aliphatic carbocycles. The summed E-state index contributed by atoms with van der Waals surface area (Å²) < 4.78 is 5.44. The lowest BCUT2D eigenvalue weighted by atomic mass is 10.2. The molecule has 0 bridgehead atoms. The molecule has 1 rings (SSSR count). The molecule has 0 amide bonds. The Bertz CT molecular complexity index is 128. The Morgan fingerprint density at radius 3 is 2.92 bits per heavy atom. The summed E-state index contributed by atoms with van der Waals surface area (Å²) in [6.07, 6.45) is 1.10. The summed E-state index contributed by atoms with van der Waals surface area (Å²) in [7, 11) is 0. The van der Waals surface area contributed by atoms with E-state index in [-0.39, 0.29) is 12.7 Å². The van der Waals surface area contributed by atoms with Crippen LogP contribution in [-0.2, 0) is 4.74 Å². The maximum Gasteiger partial charge on any atom is 0.0932 e. The lowest BCUT2D eigenvalue weighted by Crippen LogP contribution is -2.38. The van der Waals surface area contributed by atoms with Crippen molar-refractivity contribution in [1.82, 2.24) is 4.90 Å². The Morgan fingerprint density at radius 2 is 2.33 bits per heavy atom. The maximum atomic E-state index is 8.96. The highest BCUT2D eigenvalue weighted by molar-refractivity contribution is 4.71. The van der Waals surface area contributed by atoms with E-state index in [1.807, 2.05) is 0 Å². The van der Waals surface area contributed by atoms with Crippen LogP contribution in [-0.4, -0.2) is 48.5 Å². The predicted molar refractivity (Wildman–Crippen MR) is 48.2 cm³/mol. The zero-order valence-electron chi connectivity index (χ0n) is 7.99. The second-order valence-electron chi connectivity index (χ2n) is 3.62. The fourth-order valence-electron chi connectivity index (χ4n) is 1.50. The Labute approximate surface area is 74.3 Å². The third-order valence-corrected chi connectivity index (χ3v) is 2.32. The van der Waals surface area contributed by atoms with Gasteiger partial charge >= 0.3 is 0 Å². The highest BCUT2D eigenvalue weighted by Gasteiger charge is 2.19. The van der Waals surface area contributed by atoms with Gasteiger partial charge in [-0.3, -0.25) is 4.90 Å². The van der Waals surface area contributed by atoms with Crippen LogP contribution in [0.1, 0.15) is 20.3 Å². The molecule has 3 heteroatoms. The van der Waals surface area contributed by atoms with Crippen LogP contribution in [0.15, 0.2) is 0 Å². The lowest BCUT2D eigenvalue weighted by molar-refractivity contribution is 0.0106. The first-order valence-electron chi connectivity index (χ1n) is 4.70. The molecule has 0 aromatic rings. The van der Waals surface area contributed by atoms with Crippen molar-refractivity contribution in [2.24, 2.45) is 0 Å². The highest BCUT2D eigenvalue weighted by atomic mass is 16.5. The molecule has 0 aromatic carbocycles. The second kappa shape index (κ2) is 4.80. The molecule has 1 aliphatic rings. The summed E-state index contributed by atoms with van der Waals surface area (Å²) >= 11 is 0. The molecule has 1 fully saturated rings. The van der Waals surface area contributed by atoms with Gasteiger partial charge in [0, 0.05) is 25.7 Å². The van der Waals surface area contributed by atoms with Crippen molar-refractivity contribution in [3.8, 4) is 0 Å². The fourth-order valence-corrected chi connectivity index (χ4v) is 1.50. The third-order valence-electron chi connectivity index (χ3n) is 2.32. The average molecular weight is 173 g/mol. The molecule has 72 valence electrons. The number of aliphatic hydroxyl groups is 1. The third kappa shape index (κ3) is 2.73. The number of nitrogens with zero attached hydrogens (tertiary/aromatic N) is 1. The summed E-state index contributed by atoms with van der Waals surface area (Å²) in [5.41, 5.74) is 0. The molecule has 0 aromatic heterocycles. The van der Waals surface area contributed by atoms with Crippen LogP contribution in [0.5, 0.6) is 0 Å². The van der Waals surface area contributed by atoms with Gasteiger partial charge in [0.15, 0.2) is 0 Å². The summed E-state index contributed by atoms with van der Waals surface area (Å²) in [6.45, 7) is 7.25. The minimum atomic E-state index is 0.0231. The maximum absolute atomic E-state index is 8.96. The van der Waals surface area contributed by atoms with Gasteiger partial charge in [0.2, 0.25) is 0 Å². The minimum absolute atomic E-state index is 0.0231. The highest BCUT2D eigenvalue weighted by Crippen LogP contribution is 2.08. The largest absolute Gasteiger partial charge is 0.394 e. The van der Waals surface area contributed by atoms with E-state index in [2.05, 4.69) is 18.7 Å². The van der Waals surface area contributed by atoms with Gasteiger partial charge in [-0.05, 0) is 20.3 Å². The summed E-state index contributed by atoms with van der Waals surface area (Å²) in [5, 5.41) is 8.96. The van der Waals surface area contributed by atoms with Crippen molar-refractivity contribution in [1.29, 1.82) is 0 Å². The Morgan fingerprint density at radius 1 is 1.58 bits per heavy atom.